The predicted molar refractivity (Wildman–Crippen MR) is 73.3 cm³/mol. The summed E-state index contributed by atoms with van der Waals surface area (Å²) in [5.74, 6) is -0.676. The van der Waals surface area contributed by atoms with E-state index in [1.165, 1.54) is 19.3 Å². The molecule has 2 atom stereocenters. The second-order valence-corrected chi connectivity index (χ2v) is 6.07. The Kier molecular flexibility index (Phi) is 7.47. The number of hydrogen-bond donors (Lipinski definition) is 0. The van der Waals surface area contributed by atoms with E-state index in [-0.39, 0.29) is 6.61 Å². The summed E-state index contributed by atoms with van der Waals surface area (Å²) in [6.45, 7) is 3.99. The topological polar surface area (TPSA) is 78.9 Å². The van der Waals surface area contributed by atoms with Gasteiger partial charge in [-0.2, -0.15) is 8.42 Å². The standard InChI is InChI=1S/C13H24O6S/c1-3-5-6-7-8-9-10-11-12(13(14)17-4-2)19-20(15,16)18-11/h11-12H,3-10H2,1-2H3/t11-,12+/m1/s1. The number of esters is 1. The van der Waals surface area contributed by atoms with Crippen LogP contribution < -0.4 is 0 Å². The lowest BCUT2D eigenvalue weighted by Gasteiger charge is -2.13. The third-order valence-corrected chi connectivity index (χ3v) is 4.09. The monoisotopic (exact) mass is 308 g/mol. The Hall–Kier alpha value is -0.660. The molecule has 0 aromatic rings. The van der Waals surface area contributed by atoms with Crippen molar-refractivity contribution in [1.82, 2.24) is 0 Å². The Balaban J connectivity index is 2.39. The second kappa shape index (κ2) is 8.59. The first-order chi connectivity index (χ1) is 9.50. The summed E-state index contributed by atoms with van der Waals surface area (Å²) in [4.78, 5) is 11.6. The number of unbranched alkanes of at least 4 members (excludes halogenated alkanes) is 5. The Morgan fingerprint density at radius 3 is 2.35 bits per heavy atom. The highest BCUT2D eigenvalue weighted by molar-refractivity contribution is 7.82. The minimum Gasteiger partial charge on any atom is -0.464 e. The van der Waals surface area contributed by atoms with Crippen LogP contribution in [0.25, 0.3) is 0 Å². The van der Waals surface area contributed by atoms with Gasteiger partial charge in [-0.25, -0.2) is 13.2 Å². The molecule has 0 saturated carbocycles. The van der Waals surface area contributed by atoms with Gasteiger partial charge in [0.25, 0.3) is 0 Å². The molecule has 0 aliphatic carbocycles. The molecule has 0 unspecified atom stereocenters. The summed E-state index contributed by atoms with van der Waals surface area (Å²) in [6.07, 6.45) is 5.05. The predicted octanol–water partition coefficient (Wildman–Crippen LogP) is 2.33. The minimum atomic E-state index is -4.06. The highest BCUT2D eigenvalue weighted by atomic mass is 32.3. The van der Waals surface area contributed by atoms with Gasteiger partial charge in [0.15, 0.2) is 0 Å². The lowest BCUT2D eigenvalue weighted by atomic mass is 10.0. The lowest BCUT2D eigenvalue weighted by Crippen LogP contribution is -2.33. The van der Waals surface area contributed by atoms with E-state index >= 15 is 0 Å². The van der Waals surface area contributed by atoms with Crippen LogP contribution in [-0.2, 0) is 28.3 Å². The van der Waals surface area contributed by atoms with Crippen LogP contribution in [0.2, 0.25) is 0 Å². The van der Waals surface area contributed by atoms with Crippen molar-refractivity contribution in [1.29, 1.82) is 0 Å². The van der Waals surface area contributed by atoms with Crippen molar-refractivity contribution in [2.75, 3.05) is 6.61 Å². The van der Waals surface area contributed by atoms with Gasteiger partial charge in [0.05, 0.1) is 6.61 Å². The van der Waals surface area contributed by atoms with Crippen LogP contribution >= 0.6 is 0 Å². The molecule has 0 amide bonds. The minimum absolute atomic E-state index is 0.183. The molecule has 1 rings (SSSR count). The van der Waals surface area contributed by atoms with Crippen LogP contribution in [-0.4, -0.2) is 33.2 Å². The van der Waals surface area contributed by atoms with Crippen LogP contribution in [0, 0.1) is 0 Å². The van der Waals surface area contributed by atoms with E-state index in [0.717, 1.165) is 19.3 Å². The van der Waals surface area contributed by atoms with Crippen molar-refractivity contribution in [2.45, 2.75) is 71.0 Å². The number of ether oxygens (including phenoxy) is 1. The quantitative estimate of drug-likeness (QED) is 0.480. The van der Waals surface area contributed by atoms with Gasteiger partial charge in [-0.3, -0.25) is 0 Å². The molecule has 1 heterocycles. The number of carbonyl (C=O) groups excluding carboxylic acids is 1. The maximum Gasteiger partial charge on any atom is 0.401 e. The Morgan fingerprint density at radius 1 is 1.05 bits per heavy atom. The average molecular weight is 308 g/mol. The van der Waals surface area contributed by atoms with E-state index in [1.807, 2.05) is 0 Å². The molecule has 20 heavy (non-hydrogen) atoms. The highest BCUT2D eigenvalue weighted by Crippen LogP contribution is 2.26. The van der Waals surface area contributed by atoms with Gasteiger partial charge in [-0.15, -0.1) is 0 Å². The molecule has 7 heteroatoms. The summed E-state index contributed by atoms with van der Waals surface area (Å²) >= 11 is 0. The molecular formula is C13H24O6S. The molecule has 0 aromatic heterocycles. The molecule has 1 fully saturated rings. The van der Waals surface area contributed by atoms with Gasteiger partial charge in [0.1, 0.15) is 6.10 Å². The first-order valence-corrected chi connectivity index (χ1v) is 8.61. The van der Waals surface area contributed by atoms with Gasteiger partial charge in [-0.1, -0.05) is 45.4 Å². The first-order valence-electron chi connectivity index (χ1n) is 7.28. The fourth-order valence-corrected chi connectivity index (χ4v) is 3.16. The lowest BCUT2D eigenvalue weighted by molar-refractivity contribution is -0.152. The first kappa shape index (κ1) is 17.4. The van der Waals surface area contributed by atoms with E-state index in [2.05, 4.69) is 11.1 Å². The van der Waals surface area contributed by atoms with Crippen molar-refractivity contribution in [3.05, 3.63) is 0 Å². The fourth-order valence-electron chi connectivity index (χ4n) is 2.15. The highest BCUT2D eigenvalue weighted by Gasteiger charge is 2.45. The molecule has 6 nitrogen and oxygen atoms in total. The van der Waals surface area contributed by atoms with Crippen LogP contribution in [0.3, 0.4) is 0 Å². The second-order valence-electron chi connectivity index (χ2n) is 4.87. The molecule has 1 aliphatic heterocycles. The van der Waals surface area contributed by atoms with E-state index in [1.54, 1.807) is 6.92 Å². The Bertz CT molecular complexity index is 392. The van der Waals surface area contributed by atoms with Crippen molar-refractivity contribution < 1.29 is 26.3 Å². The van der Waals surface area contributed by atoms with E-state index in [9.17, 15) is 13.2 Å². The molecule has 0 N–H and O–H groups in total. The summed E-state index contributed by atoms with van der Waals surface area (Å²) < 4.78 is 36.8. The average Bonchev–Trinajstić information content (AvgIpc) is 2.69. The maximum absolute atomic E-state index is 11.6. The number of rotatable bonds is 9. The Morgan fingerprint density at radius 2 is 1.70 bits per heavy atom. The number of hydrogen-bond acceptors (Lipinski definition) is 6. The SMILES string of the molecule is CCCCCCCC[C@H]1OS(=O)(=O)O[C@@H]1C(=O)OCC. The molecule has 0 bridgehead atoms. The van der Waals surface area contributed by atoms with Gasteiger partial charge in [0, 0.05) is 0 Å². The third-order valence-electron chi connectivity index (χ3n) is 3.16. The van der Waals surface area contributed by atoms with Crippen LogP contribution in [0.15, 0.2) is 0 Å². The largest absolute Gasteiger partial charge is 0.464 e. The normalized spacial score (nSPS) is 24.7. The van der Waals surface area contributed by atoms with Gasteiger partial charge < -0.3 is 4.74 Å². The van der Waals surface area contributed by atoms with E-state index < -0.39 is 28.6 Å². The zero-order chi connectivity index (χ0) is 15.0. The zero-order valence-corrected chi connectivity index (χ0v) is 13.0. The van der Waals surface area contributed by atoms with Gasteiger partial charge >= 0.3 is 16.4 Å². The molecule has 0 aromatic carbocycles. The molecular weight excluding hydrogens is 284 g/mol. The Labute approximate surface area is 121 Å². The molecule has 1 aliphatic rings. The summed E-state index contributed by atoms with van der Waals surface area (Å²) in [5, 5.41) is 0. The summed E-state index contributed by atoms with van der Waals surface area (Å²) in [7, 11) is -4.06. The van der Waals surface area contributed by atoms with Gasteiger partial charge in [-0.05, 0) is 13.3 Å². The molecule has 0 spiro atoms. The van der Waals surface area contributed by atoms with E-state index in [0.29, 0.717) is 6.42 Å². The molecule has 118 valence electrons. The zero-order valence-electron chi connectivity index (χ0n) is 12.2. The van der Waals surface area contributed by atoms with Crippen LogP contribution in [0.5, 0.6) is 0 Å². The number of carbonyl (C=O) groups is 1. The van der Waals surface area contributed by atoms with Crippen molar-refractivity contribution in [3.8, 4) is 0 Å². The summed E-state index contributed by atoms with van der Waals surface area (Å²) in [6, 6.07) is 0. The maximum atomic E-state index is 11.6. The van der Waals surface area contributed by atoms with Crippen LogP contribution in [0.1, 0.15) is 58.8 Å². The molecule has 0 radical (unpaired) electrons. The van der Waals surface area contributed by atoms with Crippen molar-refractivity contribution >= 4 is 16.4 Å². The molecule has 1 saturated heterocycles. The van der Waals surface area contributed by atoms with Crippen molar-refractivity contribution in [3.63, 3.8) is 0 Å². The third kappa shape index (κ3) is 5.76. The van der Waals surface area contributed by atoms with E-state index in [4.69, 9.17) is 8.92 Å². The fraction of sp³-hybridized carbons (Fsp3) is 0.923. The van der Waals surface area contributed by atoms with Crippen molar-refractivity contribution in [2.24, 2.45) is 0 Å². The van der Waals surface area contributed by atoms with Gasteiger partial charge in [0.2, 0.25) is 6.10 Å². The van der Waals surface area contributed by atoms with Crippen LogP contribution in [0.4, 0.5) is 0 Å². The smallest absolute Gasteiger partial charge is 0.401 e. The summed E-state index contributed by atoms with van der Waals surface area (Å²) in [5.41, 5.74) is 0.